The van der Waals surface area contributed by atoms with E-state index in [9.17, 15) is 35.9 Å². The molecule has 242 valence electrons. The number of aromatic nitrogens is 3. The molecule has 2 aromatic heterocycles. The summed E-state index contributed by atoms with van der Waals surface area (Å²) >= 11 is 0. The maximum atomic E-state index is 14.6. The van der Waals surface area contributed by atoms with Gasteiger partial charge in [0.05, 0.1) is 29.1 Å². The first-order valence-electron chi connectivity index (χ1n) is 14.8. The van der Waals surface area contributed by atoms with Gasteiger partial charge >= 0.3 is 12.4 Å². The highest BCUT2D eigenvalue weighted by molar-refractivity contribution is 5.97. The Bertz CT molecular complexity index is 1470. The average Bonchev–Trinajstić information content (AvgIpc) is 3.56. The molecule has 0 radical (unpaired) electrons. The third-order valence-corrected chi connectivity index (χ3v) is 8.58. The van der Waals surface area contributed by atoms with Crippen LogP contribution in [-0.2, 0) is 17.1 Å². The molecule has 0 bridgehead atoms. The van der Waals surface area contributed by atoms with E-state index in [-0.39, 0.29) is 37.6 Å². The molecule has 1 aromatic carbocycles. The Morgan fingerprint density at radius 3 is 2.27 bits per heavy atom. The molecule has 0 unspecified atom stereocenters. The van der Waals surface area contributed by atoms with E-state index in [0.717, 1.165) is 42.7 Å². The van der Waals surface area contributed by atoms with Gasteiger partial charge in [-0.3, -0.25) is 14.6 Å². The van der Waals surface area contributed by atoms with Crippen LogP contribution in [0, 0.1) is 0 Å². The molecule has 45 heavy (non-hydrogen) atoms. The van der Waals surface area contributed by atoms with E-state index in [1.165, 1.54) is 4.90 Å². The molecule has 0 spiro atoms. The van der Waals surface area contributed by atoms with Gasteiger partial charge in [0.25, 0.3) is 11.8 Å². The minimum atomic E-state index is -4.83. The first kappa shape index (κ1) is 32.3. The number of alkyl halides is 6. The zero-order valence-corrected chi connectivity index (χ0v) is 24.5. The topological polar surface area (TPSA) is 80.6 Å². The SMILES string of the molecule is CCC[C@H]1N(C(=O)c2cnccc2C(F)(F)F)CCC[C@@]1(Oc1ccc(C(F)(F)F)cc1)C(=O)N1CCC(n2ccnc2)CC1. The van der Waals surface area contributed by atoms with Gasteiger partial charge in [-0.25, -0.2) is 4.98 Å². The van der Waals surface area contributed by atoms with Crippen molar-refractivity contribution in [3.05, 3.63) is 78.1 Å². The normalized spacial score (nSPS) is 21.5. The van der Waals surface area contributed by atoms with Crippen molar-refractivity contribution in [3.8, 4) is 5.75 Å². The standard InChI is InChI=1S/C31H33F6N5O3/c1-2-4-26-29(45-23-7-5-21(6-8-23)30(32,33)34,28(44)40-16-10-22(11-17-40)41-18-14-39-20-41)12-3-15-42(26)27(43)24-19-38-13-9-25(24)31(35,36)37/h5-9,13-14,18-20,22,26H,2-4,10-12,15-17H2,1H3/t26-,29+/m1/s1. The lowest BCUT2D eigenvalue weighted by Crippen LogP contribution is -2.68. The quantitative estimate of drug-likeness (QED) is 0.280. The molecule has 2 fully saturated rings. The molecule has 2 amide bonds. The molecular weight excluding hydrogens is 604 g/mol. The van der Waals surface area contributed by atoms with Gasteiger partial charge in [-0.15, -0.1) is 0 Å². The Morgan fingerprint density at radius 2 is 1.67 bits per heavy atom. The number of piperidine rings is 2. The number of nitrogens with zero attached hydrogens (tertiary/aromatic N) is 5. The number of hydrogen-bond donors (Lipinski definition) is 0. The Labute approximate surface area is 256 Å². The Morgan fingerprint density at radius 1 is 0.956 bits per heavy atom. The van der Waals surface area contributed by atoms with E-state index in [0.29, 0.717) is 32.4 Å². The number of ether oxygens (including phenoxy) is 1. The van der Waals surface area contributed by atoms with Crippen molar-refractivity contribution in [3.63, 3.8) is 0 Å². The molecule has 0 saturated carbocycles. The van der Waals surface area contributed by atoms with Crippen LogP contribution in [0.2, 0.25) is 0 Å². The highest BCUT2D eigenvalue weighted by Crippen LogP contribution is 2.41. The smallest absolute Gasteiger partial charge is 0.417 e. The first-order valence-corrected chi connectivity index (χ1v) is 14.8. The van der Waals surface area contributed by atoms with E-state index in [1.54, 1.807) is 17.4 Å². The summed E-state index contributed by atoms with van der Waals surface area (Å²) in [6.45, 7) is 2.55. The number of carbonyl (C=O) groups excluding carboxylic acids is 2. The fourth-order valence-electron chi connectivity index (χ4n) is 6.41. The minimum Gasteiger partial charge on any atom is -0.475 e. The first-order chi connectivity index (χ1) is 21.3. The minimum absolute atomic E-state index is 0.0163. The molecule has 4 heterocycles. The van der Waals surface area contributed by atoms with Crippen molar-refractivity contribution in [2.75, 3.05) is 19.6 Å². The Hall–Kier alpha value is -4.10. The third-order valence-electron chi connectivity index (χ3n) is 8.58. The zero-order chi connectivity index (χ0) is 32.4. The molecule has 8 nitrogen and oxygen atoms in total. The summed E-state index contributed by atoms with van der Waals surface area (Å²) in [4.78, 5) is 39.2. The van der Waals surface area contributed by atoms with Crippen LogP contribution < -0.4 is 4.74 Å². The van der Waals surface area contributed by atoms with E-state index in [2.05, 4.69) is 9.97 Å². The van der Waals surface area contributed by atoms with Crippen LogP contribution in [0.4, 0.5) is 26.3 Å². The van der Waals surface area contributed by atoms with Crippen LogP contribution in [-0.4, -0.2) is 67.4 Å². The molecule has 5 rings (SSSR count). The molecule has 2 aliphatic heterocycles. The highest BCUT2D eigenvalue weighted by atomic mass is 19.4. The second-order valence-corrected chi connectivity index (χ2v) is 11.4. The predicted octanol–water partition coefficient (Wildman–Crippen LogP) is 6.40. The molecule has 2 atom stereocenters. The van der Waals surface area contributed by atoms with Crippen molar-refractivity contribution >= 4 is 11.8 Å². The van der Waals surface area contributed by atoms with Crippen LogP contribution in [0.25, 0.3) is 0 Å². The molecule has 2 aliphatic rings. The molecule has 2 saturated heterocycles. The largest absolute Gasteiger partial charge is 0.475 e. The van der Waals surface area contributed by atoms with Gasteiger partial charge < -0.3 is 19.1 Å². The van der Waals surface area contributed by atoms with E-state index >= 15 is 0 Å². The van der Waals surface area contributed by atoms with Crippen LogP contribution in [0.1, 0.15) is 73.0 Å². The summed E-state index contributed by atoms with van der Waals surface area (Å²) in [5.41, 5.74) is -4.46. The summed E-state index contributed by atoms with van der Waals surface area (Å²) in [5.74, 6) is -1.41. The summed E-state index contributed by atoms with van der Waals surface area (Å²) in [6.07, 6.45) is -0.218. The second kappa shape index (κ2) is 12.7. The monoisotopic (exact) mass is 637 g/mol. The molecule has 14 heteroatoms. The second-order valence-electron chi connectivity index (χ2n) is 11.4. The zero-order valence-electron chi connectivity index (χ0n) is 24.5. The van der Waals surface area contributed by atoms with Gasteiger partial charge in [-0.05, 0) is 56.0 Å². The number of pyridine rings is 1. The highest BCUT2D eigenvalue weighted by Gasteiger charge is 2.56. The fraction of sp³-hybridized carbons (Fsp3) is 0.484. The maximum Gasteiger partial charge on any atom is 0.417 e. The number of rotatable bonds is 7. The lowest BCUT2D eigenvalue weighted by Gasteiger charge is -2.50. The number of benzene rings is 1. The van der Waals surface area contributed by atoms with Gasteiger partial charge in [0.2, 0.25) is 5.60 Å². The van der Waals surface area contributed by atoms with Gasteiger partial charge in [-0.1, -0.05) is 13.3 Å². The number of amides is 2. The Kier molecular flexibility index (Phi) is 9.13. The van der Waals surface area contributed by atoms with Crippen LogP contribution in [0.3, 0.4) is 0 Å². The summed E-state index contributed by atoms with van der Waals surface area (Å²) in [6, 6.07) is 3.75. The third kappa shape index (κ3) is 6.64. The molecule has 0 N–H and O–H groups in total. The van der Waals surface area contributed by atoms with E-state index in [4.69, 9.17) is 4.74 Å². The number of hydrogen-bond acceptors (Lipinski definition) is 5. The average molecular weight is 638 g/mol. The maximum absolute atomic E-state index is 14.6. The van der Waals surface area contributed by atoms with Gasteiger partial charge in [0.1, 0.15) is 5.75 Å². The summed E-state index contributed by atoms with van der Waals surface area (Å²) < 4.78 is 90.0. The van der Waals surface area contributed by atoms with Crippen LogP contribution >= 0.6 is 0 Å². The van der Waals surface area contributed by atoms with Crippen molar-refractivity contribution < 1.29 is 40.7 Å². The van der Waals surface area contributed by atoms with E-state index < -0.39 is 52.5 Å². The number of halogens is 6. The van der Waals surface area contributed by atoms with Crippen LogP contribution in [0.5, 0.6) is 5.75 Å². The van der Waals surface area contributed by atoms with Crippen molar-refractivity contribution in [2.45, 2.75) is 75.5 Å². The lowest BCUT2D eigenvalue weighted by molar-refractivity contribution is -0.160. The summed E-state index contributed by atoms with van der Waals surface area (Å²) in [7, 11) is 0. The molecule has 0 aliphatic carbocycles. The predicted molar refractivity (Wildman–Crippen MR) is 150 cm³/mol. The van der Waals surface area contributed by atoms with Crippen LogP contribution in [0.15, 0.2) is 61.4 Å². The molecule has 3 aromatic rings. The summed E-state index contributed by atoms with van der Waals surface area (Å²) in [5, 5.41) is 0. The van der Waals surface area contributed by atoms with Crippen molar-refractivity contribution in [1.82, 2.24) is 24.3 Å². The van der Waals surface area contributed by atoms with Gasteiger partial charge in [0.15, 0.2) is 0 Å². The number of likely N-dealkylation sites (tertiary alicyclic amines) is 2. The van der Waals surface area contributed by atoms with Gasteiger partial charge in [-0.2, -0.15) is 26.3 Å². The van der Waals surface area contributed by atoms with Gasteiger partial charge in [0, 0.05) is 56.9 Å². The van der Waals surface area contributed by atoms with Crippen molar-refractivity contribution in [2.24, 2.45) is 0 Å². The molecular formula is C31H33F6N5O3. The van der Waals surface area contributed by atoms with E-state index in [1.807, 2.05) is 17.7 Å². The lowest BCUT2D eigenvalue weighted by atomic mass is 9.79. The Balaban J connectivity index is 1.53. The van der Waals surface area contributed by atoms with Crippen molar-refractivity contribution in [1.29, 1.82) is 0 Å². The fourth-order valence-corrected chi connectivity index (χ4v) is 6.41. The number of imidazole rings is 1. The number of carbonyl (C=O) groups is 2.